The maximum atomic E-state index is 10.9. The summed E-state index contributed by atoms with van der Waals surface area (Å²) in [6.45, 7) is 9.20. The highest BCUT2D eigenvalue weighted by molar-refractivity contribution is 5.81. The van der Waals surface area contributed by atoms with Crippen LogP contribution in [0.4, 0.5) is 0 Å². The van der Waals surface area contributed by atoms with E-state index in [4.69, 9.17) is 4.74 Å². The number of rotatable bonds is 1. The zero-order valence-electron chi connectivity index (χ0n) is 7.02. The molecule has 0 aliphatic carbocycles. The van der Waals surface area contributed by atoms with Crippen molar-refractivity contribution in [3.8, 4) is 0 Å². The number of hydrogen-bond acceptors (Lipinski definition) is 2. The van der Waals surface area contributed by atoms with Crippen molar-refractivity contribution in [2.24, 2.45) is 0 Å². The van der Waals surface area contributed by atoms with Crippen LogP contribution in [0.25, 0.3) is 0 Å². The summed E-state index contributed by atoms with van der Waals surface area (Å²) in [5, 5.41) is 2.63. The summed E-state index contributed by atoms with van der Waals surface area (Å²) in [5.41, 5.74) is 1.44. The molecule has 1 aliphatic heterocycles. The quantitative estimate of drug-likeness (QED) is 0.632. The van der Waals surface area contributed by atoms with Crippen molar-refractivity contribution in [1.82, 2.24) is 5.32 Å². The van der Waals surface area contributed by atoms with Crippen LogP contribution in [0.2, 0.25) is 0 Å². The molecule has 0 atom stereocenters. The Kier molecular flexibility index (Phi) is 2.33. The molecule has 0 unspecified atom stereocenters. The minimum absolute atomic E-state index is 0.0480. The van der Waals surface area contributed by atoms with Gasteiger partial charge in [-0.2, -0.15) is 0 Å². The van der Waals surface area contributed by atoms with Crippen LogP contribution < -0.4 is 5.32 Å². The lowest BCUT2D eigenvalue weighted by Gasteiger charge is -2.19. The Labute approximate surface area is 71.4 Å². The van der Waals surface area contributed by atoms with Crippen molar-refractivity contribution in [2.45, 2.75) is 6.92 Å². The number of nitrogens with one attached hydrogen (secondary N) is 1. The number of hydrogen-bond donors (Lipinski definition) is 1. The minimum atomic E-state index is -0.157. The molecule has 1 heterocycles. The molecule has 64 valence electrons. The van der Waals surface area contributed by atoms with Crippen LogP contribution in [0, 0.1) is 0 Å². The third-order valence-corrected chi connectivity index (χ3v) is 1.34. The van der Waals surface area contributed by atoms with Gasteiger partial charge in [0.1, 0.15) is 5.76 Å². The van der Waals surface area contributed by atoms with Gasteiger partial charge in [-0.15, -0.1) is 0 Å². The van der Waals surface area contributed by atoms with E-state index < -0.39 is 0 Å². The first kappa shape index (κ1) is 8.59. The molecule has 3 nitrogen and oxygen atoms in total. The first-order valence-corrected chi connectivity index (χ1v) is 3.58. The van der Waals surface area contributed by atoms with Gasteiger partial charge >= 0.3 is 0 Å². The van der Waals surface area contributed by atoms with Crippen LogP contribution in [0.1, 0.15) is 6.92 Å². The molecule has 0 bridgehead atoms. The molecule has 12 heavy (non-hydrogen) atoms. The first-order chi connectivity index (χ1) is 5.59. The Bertz CT molecular complexity index is 276. The third-order valence-electron chi connectivity index (χ3n) is 1.34. The smallest absolute Gasteiger partial charge is 0.262 e. The monoisotopic (exact) mass is 165 g/mol. The largest absolute Gasteiger partial charge is 0.482 e. The number of allylic oxidation sites excluding steroid dienone is 2. The molecule has 1 saturated heterocycles. The topological polar surface area (TPSA) is 38.3 Å². The molecule has 1 aliphatic rings. The minimum Gasteiger partial charge on any atom is -0.482 e. The van der Waals surface area contributed by atoms with Gasteiger partial charge in [-0.1, -0.05) is 18.7 Å². The van der Waals surface area contributed by atoms with Gasteiger partial charge in [-0.3, -0.25) is 4.79 Å². The van der Waals surface area contributed by atoms with Gasteiger partial charge in [0.15, 0.2) is 6.61 Å². The van der Waals surface area contributed by atoms with Gasteiger partial charge in [-0.05, 0) is 13.0 Å². The van der Waals surface area contributed by atoms with Crippen molar-refractivity contribution in [3.05, 3.63) is 36.3 Å². The Morgan fingerprint density at radius 2 is 2.42 bits per heavy atom. The van der Waals surface area contributed by atoms with Crippen LogP contribution in [0.5, 0.6) is 0 Å². The third kappa shape index (κ3) is 1.99. The molecule has 0 aromatic carbocycles. The van der Waals surface area contributed by atoms with Crippen LogP contribution in [-0.2, 0) is 9.53 Å². The van der Waals surface area contributed by atoms with E-state index in [0.29, 0.717) is 11.5 Å². The van der Waals surface area contributed by atoms with Crippen molar-refractivity contribution >= 4 is 5.91 Å². The molecule has 1 amide bonds. The number of amides is 1. The summed E-state index contributed by atoms with van der Waals surface area (Å²) < 4.78 is 4.99. The second kappa shape index (κ2) is 3.26. The highest BCUT2D eigenvalue weighted by Gasteiger charge is 2.15. The molecular formula is C9H11NO2. The van der Waals surface area contributed by atoms with E-state index in [0.717, 1.165) is 5.57 Å². The fourth-order valence-electron chi connectivity index (χ4n) is 0.849. The highest BCUT2D eigenvalue weighted by Crippen LogP contribution is 2.12. The lowest BCUT2D eigenvalue weighted by molar-refractivity contribution is -0.125. The Balaban J connectivity index is 2.80. The van der Waals surface area contributed by atoms with Gasteiger partial charge in [0.05, 0.1) is 5.70 Å². The number of carbonyl (C=O) groups is 1. The summed E-state index contributed by atoms with van der Waals surface area (Å²) >= 11 is 0. The molecule has 0 saturated carbocycles. The zero-order valence-corrected chi connectivity index (χ0v) is 7.02. The van der Waals surface area contributed by atoms with E-state index in [1.165, 1.54) is 0 Å². The van der Waals surface area contributed by atoms with Crippen LogP contribution in [0.15, 0.2) is 36.3 Å². The highest BCUT2D eigenvalue weighted by atomic mass is 16.5. The second-order valence-electron chi connectivity index (χ2n) is 2.66. The van der Waals surface area contributed by atoms with Gasteiger partial charge in [-0.25, -0.2) is 0 Å². The summed E-state index contributed by atoms with van der Waals surface area (Å²) in [6, 6.07) is 0. The van der Waals surface area contributed by atoms with E-state index in [-0.39, 0.29) is 12.5 Å². The first-order valence-electron chi connectivity index (χ1n) is 3.58. The Morgan fingerprint density at radius 3 is 3.00 bits per heavy atom. The fourth-order valence-corrected chi connectivity index (χ4v) is 0.849. The molecule has 0 aromatic heterocycles. The molecule has 1 N–H and O–H groups in total. The van der Waals surface area contributed by atoms with Gasteiger partial charge in [0.25, 0.3) is 5.91 Å². The van der Waals surface area contributed by atoms with E-state index >= 15 is 0 Å². The molecule has 0 aromatic rings. The Morgan fingerprint density at radius 1 is 1.75 bits per heavy atom. The lowest BCUT2D eigenvalue weighted by atomic mass is 10.2. The standard InChI is InChI=1S/C9H11NO2/c1-6(2)4-8-7(3)12-5-9(11)10-8/h4H,1,3,5H2,2H3,(H,10,11)/b8-4+. The van der Waals surface area contributed by atoms with Crippen molar-refractivity contribution in [1.29, 1.82) is 0 Å². The molecule has 0 spiro atoms. The maximum Gasteiger partial charge on any atom is 0.262 e. The Hall–Kier alpha value is -1.51. The van der Waals surface area contributed by atoms with Crippen molar-refractivity contribution in [2.75, 3.05) is 6.61 Å². The zero-order chi connectivity index (χ0) is 9.14. The van der Waals surface area contributed by atoms with Crippen LogP contribution in [-0.4, -0.2) is 12.5 Å². The molecule has 1 rings (SSSR count). The maximum absolute atomic E-state index is 10.9. The summed E-state index contributed by atoms with van der Waals surface area (Å²) in [7, 11) is 0. The van der Waals surface area contributed by atoms with E-state index in [9.17, 15) is 4.79 Å². The average molecular weight is 165 g/mol. The molecule has 0 radical (unpaired) electrons. The number of morpholine rings is 1. The summed E-state index contributed by atoms with van der Waals surface area (Å²) in [4.78, 5) is 10.9. The van der Waals surface area contributed by atoms with Crippen molar-refractivity contribution in [3.63, 3.8) is 0 Å². The average Bonchev–Trinajstić information content (AvgIpc) is 1.96. The second-order valence-corrected chi connectivity index (χ2v) is 2.66. The van der Waals surface area contributed by atoms with Crippen molar-refractivity contribution < 1.29 is 9.53 Å². The van der Waals surface area contributed by atoms with E-state index in [2.05, 4.69) is 18.5 Å². The predicted octanol–water partition coefficient (Wildman–Crippen LogP) is 1.11. The van der Waals surface area contributed by atoms with Gasteiger partial charge in [0.2, 0.25) is 0 Å². The molecule has 3 heteroatoms. The lowest BCUT2D eigenvalue weighted by Crippen LogP contribution is -2.33. The molecular weight excluding hydrogens is 154 g/mol. The fraction of sp³-hybridized carbons (Fsp3) is 0.222. The van der Waals surface area contributed by atoms with Crippen LogP contribution in [0.3, 0.4) is 0 Å². The SMILES string of the molecule is C=C(C)/C=C1/NC(=O)COC1=C. The molecule has 1 fully saturated rings. The summed E-state index contributed by atoms with van der Waals surface area (Å²) in [6.07, 6.45) is 1.72. The van der Waals surface area contributed by atoms with E-state index in [1.54, 1.807) is 6.08 Å². The van der Waals surface area contributed by atoms with Gasteiger partial charge < -0.3 is 10.1 Å². The van der Waals surface area contributed by atoms with Gasteiger partial charge in [0, 0.05) is 0 Å². The van der Waals surface area contributed by atoms with Crippen LogP contribution >= 0.6 is 0 Å². The number of ether oxygens (including phenoxy) is 1. The predicted molar refractivity (Wildman–Crippen MR) is 46.1 cm³/mol. The normalized spacial score (nSPS) is 20.2. The van der Waals surface area contributed by atoms with E-state index in [1.807, 2.05) is 6.92 Å². The number of carbonyl (C=O) groups excluding carboxylic acids is 1. The summed E-state index contributed by atoms with van der Waals surface area (Å²) in [5.74, 6) is 0.326.